The van der Waals surface area contributed by atoms with Crippen LogP contribution in [0.2, 0.25) is 0 Å². The molecule has 3 nitrogen and oxygen atoms in total. The Morgan fingerprint density at radius 3 is 2.47 bits per heavy atom. The molecule has 0 radical (unpaired) electrons. The van der Waals surface area contributed by atoms with E-state index in [1.54, 1.807) is 10.9 Å². The standard InChI is InChI=1S/C13H21BrN2O/c1-9(2)10-4-6-13(17,7-5-10)12-11(14)8-15-16(12)3/h8-10,17H,4-7H2,1-3H3. The summed E-state index contributed by atoms with van der Waals surface area (Å²) >= 11 is 3.49. The van der Waals surface area contributed by atoms with Gasteiger partial charge < -0.3 is 5.11 Å². The summed E-state index contributed by atoms with van der Waals surface area (Å²) in [7, 11) is 1.90. The zero-order valence-corrected chi connectivity index (χ0v) is 12.4. The molecule has 4 heteroatoms. The third-order valence-electron chi connectivity index (χ3n) is 4.14. The summed E-state index contributed by atoms with van der Waals surface area (Å²) in [6, 6.07) is 0. The van der Waals surface area contributed by atoms with Crippen LogP contribution in [0.5, 0.6) is 0 Å². The molecule has 0 aliphatic heterocycles. The molecule has 0 saturated heterocycles. The normalized spacial score (nSPS) is 29.9. The van der Waals surface area contributed by atoms with Crippen LogP contribution in [0.25, 0.3) is 0 Å². The fourth-order valence-electron chi connectivity index (χ4n) is 2.96. The van der Waals surface area contributed by atoms with Crippen LogP contribution in [-0.4, -0.2) is 14.9 Å². The van der Waals surface area contributed by atoms with E-state index in [1.807, 2.05) is 7.05 Å². The van der Waals surface area contributed by atoms with Crippen LogP contribution in [0, 0.1) is 11.8 Å². The van der Waals surface area contributed by atoms with Crippen LogP contribution in [0.1, 0.15) is 45.2 Å². The van der Waals surface area contributed by atoms with Crippen LogP contribution in [0.15, 0.2) is 10.7 Å². The Hall–Kier alpha value is -0.350. The minimum absolute atomic E-state index is 0.699. The van der Waals surface area contributed by atoms with Crippen LogP contribution < -0.4 is 0 Å². The third kappa shape index (κ3) is 2.43. The average Bonchev–Trinajstić information content (AvgIpc) is 2.59. The van der Waals surface area contributed by atoms with Gasteiger partial charge in [-0.05, 0) is 53.4 Å². The molecule has 0 atom stereocenters. The molecule has 1 fully saturated rings. The number of aryl methyl sites for hydroxylation is 1. The molecule has 1 saturated carbocycles. The number of rotatable bonds is 2. The Kier molecular flexibility index (Phi) is 3.64. The first-order valence-corrected chi connectivity index (χ1v) is 7.13. The van der Waals surface area contributed by atoms with Gasteiger partial charge in [0.1, 0.15) is 5.60 Å². The molecule has 1 aromatic heterocycles. The van der Waals surface area contributed by atoms with Crippen molar-refractivity contribution in [1.29, 1.82) is 0 Å². The van der Waals surface area contributed by atoms with E-state index in [1.165, 1.54) is 0 Å². The van der Waals surface area contributed by atoms with Crippen molar-refractivity contribution in [2.45, 2.75) is 45.1 Å². The molecule has 0 amide bonds. The second-order valence-electron chi connectivity index (χ2n) is 5.58. The summed E-state index contributed by atoms with van der Waals surface area (Å²) in [6.45, 7) is 4.55. The molecule has 17 heavy (non-hydrogen) atoms. The van der Waals surface area contributed by atoms with Gasteiger partial charge in [-0.25, -0.2) is 0 Å². The lowest BCUT2D eigenvalue weighted by Crippen LogP contribution is -2.35. The fourth-order valence-corrected chi connectivity index (χ4v) is 3.67. The Bertz CT molecular complexity index is 373. The van der Waals surface area contributed by atoms with Crippen molar-refractivity contribution < 1.29 is 5.11 Å². The molecular weight excluding hydrogens is 280 g/mol. The predicted octanol–water partition coefficient (Wildman–Crippen LogP) is 3.22. The minimum Gasteiger partial charge on any atom is -0.384 e. The first-order valence-electron chi connectivity index (χ1n) is 6.34. The molecule has 96 valence electrons. The second kappa shape index (κ2) is 4.73. The van der Waals surface area contributed by atoms with E-state index in [2.05, 4.69) is 34.9 Å². The van der Waals surface area contributed by atoms with Crippen molar-refractivity contribution in [1.82, 2.24) is 9.78 Å². The molecule has 1 N–H and O–H groups in total. The van der Waals surface area contributed by atoms with Crippen LogP contribution in [0.3, 0.4) is 0 Å². The molecule has 0 unspecified atom stereocenters. The van der Waals surface area contributed by atoms with Crippen LogP contribution in [-0.2, 0) is 12.6 Å². The van der Waals surface area contributed by atoms with Gasteiger partial charge in [0.2, 0.25) is 0 Å². The molecule has 0 bridgehead atoms. The lowest BCUT2D eigenvalue weighted by Gasteiger charge is -2.37. The topological polar surface area (TPSA) is 38.1 Å². The smallest absolute Gasteiger partial charge is 0.107 e. The van der Waals surface area contributed by atoms with Crippen molar-refractivity contribution in [3.63, 3.8) is 0 Å². The highest BCUT2D eigenvalue weighted by Crippen LogP contribution is 2.43. The van der Waals surface area contributed by atoms with Gasteiger partial charge in [0.05, 0.1) is 16.4 Å². The van der Waals surface area contributed by atoms with Crippen molar-refractivity contribution in [3.8, 4) is 0 Å². The van der Waals surface area contributed by atoms with E-state index < -0.39 is 5.60 Å². The van der Waals surface area contributed by atoms with Crippen molar-refractivity contribution in [2.24, 2.45) is 18.9 Å². The van der Waals surface area contributed by atoms with Gasteiger partial charge >= 0.3 is 0 Å². The highest BCUT2D eigenvalue weighted by Gasteiger charge is 2.39. The largest absolute Gasteiger partial charge is 0.384 e. The molecule has 1 aliphatic carbocycles. The van der Waals surface area contributed by atoms with E-state index in [4.69, 9.17) is 0 Å². The lowest BCUT2D eigenvalue weighted by atomic mass is 9.73. The second-order valence-corrected chi connectivity index (χ2v) is 6.43. The fraction of sp³-hybridized carbons (Fsp3) is 0.769. The molecule has 1 aromatic rings. The van der Waals surface area contributed by atoms with Gasteiger partial charge in [-0.1, -0.05) is 13.8 Å². The summed E-state index contributed by atoms with van der Waals surface area (Å²) in [5, 5.41) is 15.0. The molecule has 1 aliphatic rings. The summed E-state index contributed by atoms with van der Waals surface area (Å²) in [4.78, 5) is 0. The van der Waals surface area contributed by atoms with Crippen LogP contribution in [0.4, 0.5) is 0 Å². The first kappa shape index (κ1) is 13.1. The number of hydrogen-bond donors (Lipinski definition) is 1. The Labute approximate surface area is 111 Å². The monoisotopic (exact) mass is 300 g/mol. The Balaban J connectivity index is 2.18. The quantitative estimate of drug-likeness (QED) is 0.911. The van der Waals surface area contributed by atoms with Gasteiger partial charge in [0, 0.05) is 7.05 Å². The highest BCUT2D eigenvalue weighted by atomic mass is 79.9. The van der Waals surface area contributed by atoms with E-state index in [0.717, 1.165) is 47.7 Å². The summed E-state index contributed by atoms with van der Waals surface area (Å²) in [5.41, 5.74) is 0.231. The number of hydrogen-bond acceptors (Lipinski definition) is 2. The van der Waals surface area contributed by atoms with Crippen molar-refractivity contribution >= 4 is 15.9 Å². The zero-order chi connectivity index (χ0) is 12.6. The number of halogens is 1. The third-order valence-corrected chi connectivity index (χ3v) is 4.72. The van der Waals surface area contributed by atoms with Crippen LogP contribution >= 0.6 is 15.9 Å². The number of nitrogens with zero attached hydrogens (tertiary/aromatic N) is 2. The maximum absolute atomic E-state index is 10.8. The van der Waals surface area contributed by atoms with Gasteiger partial charge in [0.25, 0.3) is 0 Å². The number of aromatic nitrogens is 2. The SMILES string of the molecule is CC(C)C1CCC(O)(c2c(Br)cnn2C)CC1. The number of aliphatic hydroxyl groups is 1. The lowest BCUT2D eigenvalue weighted by molar-refractivity contribution is -0.0270. The summed E-state index contributed by atoms with van der Waals surface area (Å²) in [5.74, 6) is 1.47. The van der Waals surface area contributed by atoms with Gasteiger partial charge in [-0.15, -0.1) is 0 Å². The molecule has 1 heterocycles. The van der Waals surface area contributed by atoms with Gasteiger partial charge in [-0.3, -0.25) is 4.68 Å². The van der Waals surface area contributed by atoms with Crippen molar-refractivity contribution in [3.05, 3.63) is 16.4 Å². The maximum atomic E-state index is 10.8. The molecule has 2 rings (SSSR count). The Morgan fingerprint density at radius 2 is 2.06 bits per heavy atom. The predicted molar refractivity (Wildman–Crippen MR) is 71.6 cm³/mol. The van der Waals surface area contributed by atoms with E-state index in [-0.39, 0.29) is 0 Å². The Morgan fingerprint density at radius 1 is 1.47 bits per heavy atom. The maximum Gasteiger partial charge on any atom is 0.107 e. The van der Waals surface area contributed by atoms with Crippen molar-refractivity contribution in [2.75, 3.05) is 0 Å². The first-order chi connectivity index (χ1) is 7.94. The van der Waals surface area contributed by atoms with Gasteiger partial charge in [-0.2, -0.15) is 5.10 Å². The molecular formula is C13H21BrN2O. The highest BCUT2D eigenvalue weighted by molar-refractivity contribution is 9.10. The minimum atomic E-state index is -0.699. The summed E-state index contributed by atoms with van der Waals surface area (Å²) < 4.78 is 2.71. The molecule has 0 aromatic carbocycles. The van der Waals surface area contributed by atoms with E-state index >= 15 is 0 Å². The molecule has 0 spiro atoms. The zero-order valence-electron chi connectivity index (χ0n) is 10.8. The van der Waals surface area contributed by atoms with E-state index in [9.17, 15) is 5.11 Å². The average molecular weight is 301 g/mol. The summed E-state index contributed by atoms with van der Waals surface area (Å²) in [6.07, 6.45) is 5.65. The van der Waals surface area contributed by atoms with E-state index in [0.29, 0.717) is 0 Å². The van der Waals surface area contributed by atoms with Gasteiger partial charge in [0.15, 0.2) is 0 Å².